The van der Waals surface area contributed by atoms with Gasteiger partial charge in [-0.25, -0.2) is 4.98 Å². The molecule has 0 amide bonds. The van der Waals surface area contributed by atoms with Gasteiger partial charge in [0.15, 0.2) is 0 Å². The van der Waals surface area contributed by atoms with Crippen LogP contribution in [0.1, 0.15) is 25.2 Å². The minimum atomic E-state index is -0.484. The zero-order valence-corrected chi connectivity index (χ0v) is 8.66. The van der Waals surface area contributed by atoms with Crippen molar-refractivity contribution in [1.82, 2.24) is 4.98 Å². The number of carbonyl (C=O) groups excluding carboxylic acids is 1. The van der Waals surface area contributed by atoms with Gasteiger partial charge in [0, 0.05) is 5.88 Å². The van der Waals surface area contributed by atoms with Crippen molar-refractivity contribution in [3.8, 4) is 0 Å². The molecule has 0 fully saturated rings. The fourth-order valence-corrected chi connectivity index (χ4v) is 1.32. The Labute approximate surface area is 87.2 Å². The van der Waals surface area contributed by atoms with E-state index in [2.05, 4.69) is 4.98 Å². The third-order valence-electron chi connectivity index (χ3n) is 1.72. The molecular formula is C9H12ClNO3. The minimum Gasteiger partial charge on any atom is -0.465 e. The first-order valence-electron chi connectivity index (χ1n) is 4.41. The molecule has 0 saturated heterocycles. The molecule has 1 aromatic rings. The Bertz CT molecular complexity index is 274. The van der Waals surface area contributed by atoms with Crippen molar-refractivity contribution in [2.45, 2.75) is 19.3 Å². The molecule has 1 unspecified atom stereocenters. The van der Waals surface area contributed by atoms with Crippen LogP contribution in [-0.4, -0.2) is 23.4 Å². The van der Waals surface area contributed by atoms with E-state index in [9.17, 15) is 4.79 Å². The second-order valence-corrected chi connectivity index (χ2v) is 3.03. The first-order valence-corrected chi connectivity index (χ1v) is 4.95. The Hall–Kier alpha value is -1.03. The maximum absolute atomic E-state index is 11.5. The normalized spacial score (nSPS) is 12.4. The summed E-state index contributed by atoms with van der Waals surface area (Å²) in [4.78, 5) is 15.4. The van der Waals surface area contributed by atoms with Crippen LogP contribution in [0.4, 0.5) is 0 Å². The van der Waals surface area contributed by atoms with Crippen molar-refractivity contribution in [2.24, 2.45) is 0 Å². The van der Waals surface area contributed by atoms with Crippen molar-refractivity contribution in [3.05, 3.63) is 18.4 Å². The van der Waals surface area contributed by atoms with E-state index in [1.54, 1.807) is 6.92 Å². The summed E-state index contributed by atoms with van der Waals surface area (Å²) in [6.45, 7) is 2.10. The molecule has 0 spiro atoms. The number of rotatable bonds is 5. The summed E-state index contributed by atoms with van der Waals surface area (Å²) in [6.07, 6.45) is 3.40. The lowest BCUT2D eigenvalue weighted by molar-refractivity contribution is -0.145. The number of halogens is 1. The highest BCUT2D eigenvalue weighted by molar-refractivity contribution is 6.18. The predicted molar refractivity (Wildman–Crippen MR) is 51.2 cm³/mol. The molecule has 0 radical (unpaired) electrons. The molecule has 1 aromatic heterocycles. The van der Waals surface area contributed by atoms with Crippen LogP contribution in [0, 0.1) is 0 Å². The van der Waals surface area contributed by atoms with Gasteiger partial charge in [-0.1, -0.05) is 0 Å². The maximum atomic E-state index is 11.5. The number of hydrogen-bond donors (Lipinski definition) is 0. The molecule has 0 bridgehead atoms. The van der Waals surface area contributed by atoms with Gasteiger partial charge in [-0.15, -0.1) is 11.6 Å². The van der Waals surface area contributed by atoms with Gasteiger partial charge < -0.3 is 9.15 Å². The Morgan fingerprint density at radius 3 is 3.07 bits per heavy atom. The monoisotopic (exact) mass is 217 g/mol. The Kier molecular flexibility index (Phi) is 4.46. The summed E-state index contributed by atoms with van der Waals surface area (Å²) in [5.41, 5.74) is 0. The third-order valence-corrected chi connectivity index (χ3v) is 1.94. The van der Waals surface area contributed by atoms with Crippen LogP contribution in [0.5, 0.6) is 0 Å². The predicted octanol–water partition coefficient (Wildman–Crippen LogP) is 1.95. The second kappa shape index (κ2) is 5.65. The highest BCUT2D eigenvalue weighted by atomic mass is 35.5. The number of esters is 1. The van der Waals surface area contributed by atoms with Crippen LogP contribution < -0.4 is 0 Å². The van der Waals surface area contributed by atoms with E-state index in [0.29, 0.717) is 24.8 Å². The van der Waals surface area contributed by atoms with Crippen LogP contribution in [0.25, 0.3) is 0 Å². The fourth-order valence-electron chi connectivity index (χ4n) is 1.10. The van der Waals surface area contributed by atoms with Gasteiger partial charge in [0.1, 0.15) is 12.2 Å². The average Bonchev–Trinajstić information content (AvgIpc) is 2.67. The van der Waals surface area contributed by atoms with Crippen molar-refractivity contribution in [2.75, 3.05) is 12.5 Å². The van der Waals surface area contributed by atoms with Crippen LogP contribution in [0.2, 0.25) is 0 Å². The number of carbonyl (C=O) groups is 1. The Balaban J connectivity index is 2.69. The van der Waals surface area contributed by atoms with Gasteiger partial charge in [-0.3, -0.25) is 4.79 Å². The number of ether oxygens (including phenoxy) is 1. The highest BCUT2D eigenvalue weighted by Gasteiger charge is 2.25. The van der Waals surface area contributed by atoms with Gasteiger partial charge in [-0.05, 0) is 13.3 Å². The van der Waals surface area contributed by atoms with E-state index in [1.165, 1.54) is 12.5 Å². The molecule has 0 saturated carbocycles. The van der Waals surface area contributed by atoms with E-state index in [0.717, 1.165) is 0 Å². The van der Waals surface area contributed by atoms with Crippen molar-refractivity contribution < 1.29 is 13.9 Å². The molecule has 0 aliphatic heterocycles. The first-order chi connectivity index (χ1) is 6.79. The van der Waals surface area contributed by atoms with Gasteiger partial charge >= 0.3 is 5.97 Å². The van der Waals surface area contributed by atoms with Crippen molar-refractivity contribution in [3.63, 3.8) is 0 Å². The number of alkyl halides is 1. The molecule has 1 atom stereocenters. The van der Waals surface area contributed by atoms with Gasteiger partial charge in [0.25, 0.3) is 0 Å². The second-order valence-electron chi connectivity index (χ2n) is 2.65. The zero-order valence-electron chi connectivity index (χ0n) is 7.90. The number of oxazole rings is 1. The Morgan fingerprint density at radius 2 is 2.57 bits per heavy atom. The summed E-state index contributed by atoms with van der Waals surface area (Å²) < 4.78 is 9.93. The molecule has 14 heavy (non-hydrogen) atoms. The highest BCUT2D eigenvalue weighted by Crippen LogP contribution is 2.20. The number of nitrogens with zero attached hydrogens (tertiary/aromatic N) is 1. The van der Waals surface area contributed by atoms with E-state index < -0.39 is 5.92 Å². The summed E-state index contributed by atoms with van der Waals surface area (Å²) in [5, 5.41) is 0. The van der Waals surface area contributed by atoms with E-state index in [4.69, 9.17) is 20.8 Å². The lowest BCUT2D eigenvalue weighted by Crippen LogP contribution is -2.16. The van der Waals surface area contributed by atoms with Gasteiger partial charge in [0.2, 0.25) is 5.89 Å². The Morgan fingerprint density at radius 1 is 1.79 bits per heavy atom. The molecule has 0 aliphatic rings. The topological polar surface area (TPSA) is 52.3 Å². The van der Waals surface area contributed by atoms with Crippen LogP contribution >= 0.6 is 11.6 Å². The molecule has 5 heteroatoms. The van der Waals surface area contributed by atoms with Crippen LogP contribution in [0.15, 0.2) is 16.9 Å². The molecular weight excluding hydrogens is 206 g/mol. The molecule has 0 aliphatic carbocycles. The maximum Gasteiger partial charge on any atom is 0.318 e. The average molecular weight is 218 g/mol. The molecule has 0 aromatic carbocycles. The molecule has 78 valence electrons. The largest absolute Gasteiger partial charge is 0.465 e. The van der Waals surface area contributed by atoms with E-state index in [1.807, 2.05) is 0 Å². The first kappa shape index (κ1) is 11.0. The van der Waals surface area contributed by atoms with E-state index in [-0.39, 0.29) is 5.97 Å². The summed E-state index contributed by atoms with van der Waals surface area (Å²) >= 11 is 5.58. The van der Waals surface area contributed by atoms with Crippen LogP contribution in [-0.2, 0) is 9.53 Å². The SMILES string of the molecule is CCOC(=O)C(CCCl)c1ncco1. The number of hydrogen-bond acceptors (Lipinski definition) is 4. The van der Waals surface area contributed by atoms with Gasteiger partial charge in [0.05, 0.1) is 12.8 Å². The standard InChI is InChI=1S/C9H12ClNO3/c1-2-13-9(12)7(3-4-10)8-11-5-6-14-8/h5-7H,2-4H2,1H3. The molecule has 1 rings (SSSR count). The smallest absolute Gasteiger partial charge is 0.318 e. The summed E-state index contributed by atoms with van der Waals surface area (Å²) in [6, 6.07) is 0. The summed E-state index contributed by atoms with van der Waals surface area (Å²) in [5.74, 6) is -0.0894. The lowest BCUT2D eigenvalue weighted by atomic mass is 10.1. The summed E-state index contributed by atoms with van der Waals surface area (Å²) in [7, 11) is 0. The quantitative estimate of drug-likeness (QED) is 0.559. The molecule has 1 heterocycles. The molecule has 0 N–H and O–H groups in total. The minimum absolute atomic E-state index is 0.337. The van der Waals surface area contributed by atoms with Crippen molar-refractivity contribution >= 4 is 17.6 Å². The van der Waals surface area contributed by atoms with Gasteiger partial charge in [-0.2, -0.15) is 0 Å². The van der Waals surface area contributed by atoms with Crippen LogP contribution in [0.3, 0.4) is 0 Å². The third kappa shape index (κ3) is 2.73. The zero-order chi connectivity index (χ0) is 10.4. The van der Waals surface area contributed by atoms with E-state index >= 15 is 0 Å². The molecule has 4 nitrogen and oxygen atoms in total. The fraction of sp³-hybridized carbons (Fsp3) is 0.556. The lowest BCUT2D eigenvalue weighted by Gasteiger charge is -2.09. The van der Waals surface area contributed by atoms with Crippen molar-refractivity contribution in [1.29, 1.82) is 0 Å². The number of aromatic nitrogens is 1.